The summed E-state index contributed by atoms with van der Waals surface area (Å²) in [6.45, 7) is 4.91. The number of nitrogens with one attached hydrogen (secondary N) is 1. The van der Waals surface area contributed by atoms with Crippen LogP contribution in [0.5, 0.6) is 23.1 Å². The van der Waals surface area contributed by atoms with Crippen LogP contribution in [0, 0.1) is 0 Å². The average molecular weight is 513 g/mol. The van der Waals surface area contributed by atoms with E-state index >= 15 is 0 Å². The molecule has 190 valence electrons. The molecular weight excluding hydrogens is 484 g/mol. The number of benzene rings is 1. The van der Waals surface area contributed by atoms with E-state index in [1.54, 1.807) is 13.3 Å². The normalized spacial score (nSPS) is 14.9. The summed E-state index contributed by atoms with van der Waals surface area (Å²) in [6.07, 6.45) is 7.67. The molecule has 4 aromatic rings. The number of hydrogen-bond donors (Lipinski definition) is 1. The number of ether oxygens (including phenoxy) is 3. The van der Waals surface area contributed by atoms with Gasteiger partial charge in [-0.1, -0.05) is 0 Å². The van der Waals surface area contributed by atoms with Crippen molar-refractivity contribution in [3.05, 3.63) is 43.0 Å². The van der Waals surface area contributed by atoms with Crippen LogP contribution in [0.3, 0.4) is 0 Å². The maximum atomic E-state index is 6.12. The largest absolute Gasteiger partial charge is 0.493 e. The Hall–Kier alpha value is -3.16. The van der Waals surface area contributed by atoms with Gasteiger partial charge in [0.2, 0.25) is 5.88 Å². The summed E-state index contributed by atoms with van der Waals surface area (Å²) in [4.78, 5) is 23.8. The number of rotatable bonds is 11. The van der Waals surface area contributed by atoms with Crippen molar-refractivity contribution in [2.75, 3.05) is 52.7 Å². The van der Waals surface area contributed by atoms with Gasteiger partial charge in [-0.2, -0.15) is 5.06 Å². The maximum Gasteiger partial charge on any atom is 0.230 e. The maximum absolute atomic E-state index is 6.12. The average Bonchev–Trinajstić information content (AvgIpc) is 3.38. The third-order valence-electron chi connectivity index (χ3n) is 5.89. The van der Waals surface area contributed by atoms with Gasteiger partial charge in [0.25, 0.3) is 0 Å². The number of aromatic amines is 1. The lowest BCUT2D eigenvalue weighted by Gasteiger charge is -2.32. The number of aromatic nitrogens is 4. The molecule has 3 aromatic heterocycles. The van der Waals surface area contributed by atoms with E-state index in [2.05, 4.69) is 24.8 Å². The van der Waals surface area contributed by atoms with E-state index in [0.29, 0.717) is 35.3 Å². The molecule has 36 heavy (non-hydrogen) atoms. The second-order valence-corrected chi connectivity index (χ2v) is 8.64. The molecule has 0 atom stereocenters. The van der Waals surface area contributed by atoms with Crippen molar-refractivity contribution in [2.45, 2.75) is 6.42 Å². The molecule has 1 saturated heterocycles. The summed E-state index contributed by atoms with van der Waals surface area (Å²) < 4.78 is 22.7. The first-order chi connectivity index (χ1) is 17.7. The highest BCUT2D eigenvalue weighted by atomic mass is 32.2. The van der Waals surface area contributed by atoms with Crippen LogP contribution in [0.2, 0.25) is 0 Å². The quantitative estimate of drug-likeness (QED) is 0.137. The Kier molecular flexibility index (Phi) is 7.98. The molecule has 5 rings (SSSR count). The summed E-state index contributed by atoms with van der Waals surface area (Å²) in [6, 6.07) is 7.56. The minimum atomic E-state index is 0.426. The van der Waals surface area contributed by atoms with Gasteiger partial charge < -0.3 is 24.1 Å². The van der Waals surface area contributed by atoms with E-state index in [-0.39, 0.29) is 0 Å². The van der Waals surface area contributed by atoms with Crippen LogP contribution in [0.4, 0.5) is 0 Å². The Morgan fingerprint density at radius 3 is 2.78 bits per heavy atom. The predicted molar refractivity (Wildman–Crippen MR) is 136 cm³/mol. The van der Waals surface area contributed by atoms with Gasteiger partial charge in [0.1, 0.15) is 17.7 Å². The van der Waals surface area contributed by atoms with Gasteiger partial charge in [0, 0.05) is 68.7 Å². The fourth-order valence-electron chi connectivity index (χ4n) is 4.05. The second-order valence-electron chi connectivity index (χ2n) is 8.17. The third kappa shape index (κ3) is 5.79. The zero-order chi connectivity index (χ0) is 24.7. The van der Waals surface area contributed by atoms with Crippen LogP contribution in [-0.4, -0.2) is 82.6 Å². The molecule has 1 fully saturated rings. The molecule has 0 aliphatic carbocycles. The lowest BCUT2D eigenvalue weighted by atomic mass is 10.2. The summed E-state index contributed by atoms with van der Waals surface area (Å²) in [5.74, 6) is 2.25. The zero-order valence-electron chi connectivity index (χ0n) is 20.2. The lowest BCUT2D eigenvalue weighted by Crippen LogP contribution is -2.46. The van der Waals surface area contributed by atoms with Crippen molar-refractivity contribution in [1.82, 2.24) is 29.9 Å². The molecule has 1 aliphatic rings. The molecule has 1 N–H and O–H groups in total. The Balaban J connectivity index is 1.22. The third-order valence-corrected chi connectivity index (χ3v) is 6.08. The number of hydroxylamine groups is 2. The number of hydrogen-bond acceptors (Lipinski definition) is 11. The molecule has 11 nitrogen and oxygen atoms in total. The smallest absolute Gasteiger partial charge is 0.230 e. The van der Waals surface area contributed by atoms with E-state index in [4.69, 9.17) is 23.5 Å². The number of fused-ring (bicyclic) bond motifs is 2. The van der Waals surface area contributed by atoms with Crippen molar-refractivity contribution in [1.29, 1.82) is 0 Å². The van der Waals surface area contributed by atoms with E-state index in [1.165, 1.54) is 18.4 Å². The van der Waals surface area contributed by atoms with Gasteiger partial charge in [-0.3, -0.25) is 0 Å². The summed E-state index contributed by atoms with van der Waals surface area (Å²) >= 11 is 1.19. The van der Waals surface area contributed by atoms with Crippen molar-refractivity contribution in [2.24, 2.45) is 0 Å². The predicted octanol–water partition coefficient (Wildman–Crippen LogP) is 3.83. The van der Waals surface area contributed by atoms with Gasteiger partial charge >= 0.3 is 0 Å². The van der Waals surface area contributed by atoms with Crippen LogP contribution >= 0.6 is 12.0 Å². The van der Waals surface area contributed by atoms with Gasteiger partial charge in [0.15, 0.2) is 11.5 Å². The van der Waals surface area contributed by atoms with Gasteiger partial charge in [-0.15, -0.1) is 9.32 Å². The van der Waals surface area contributed by atoms with Crippen LogP contribution in [0.15, 0.2) is 43.0 Å². The zero-order valence-corrected chi connectivity index (χ0v) is 21.0. The Morgan fingerprint density at radius 2 is 1.94 bits per heavy atom. The van der Waals surface area contributed by atoms with E-state index in [9.17, 15) is 0 Å². The molecular formula is C24H28N6O5S. The number of piperazine rings is 1. The second kappa shape index (κ2) is 11.7. The van der Waals surface area contributed by atoms with Crippen molar-refractivity contribution in [3.8, 4) is 23.1 Å². The molecule has 0 bridgehead atoms. The highest BCUT2D eigenvalue weighted by Gasteiger charge is 2.18. The van der Waals surface area contributed by atoms with Crippen LogP contribution in [0.1, 0.15) is 6.42 Å². The van der Waals surface area contributed by atoms with Gasteiger partial charge in [-0.05, 0) is 24.6 Å². The first-order valence-corrected chi connectivity index (χ1v) is 12.8. The van der Waals surface area contributed by atoms with E-state index in [0.717, 1.165) is 55.6 Å². The summed E-state index contributed by atoms with van der Waals surface area (Å²) in [7, 11) is 1.62. The number of nitrogens with zero attached hydrogens (tertiary/aromatic N) is 5. The molecule has 1 aliphatic heterocycles. The topological polar surface area (TPSA) is 107 Å². The fourth-order valence-corrected chi connectivity index (χ4v) is 4.20. The Morgan fingerprint density at radius 1 is 1.06 bits per heavy atom. The van der Waals surface area contributed by atoms with Crippen molar-refractivity contribution >= 4 is 34.0 Å². The van der Waals surface area contributed by atoms with Crippen LogP contribution in [0.25, 0.3) is 21.9 Å². The first-order valence-electron chi connectivity index (χ1n) is 11.6. The number of methoxy groups -OCH3 is 1. The van der Waals surface area contributed by atoms with Crippen molar-refractivity contribution in [3.63, 3.8) is 0 Å². The fraction of sp³-hybridized carbons (Fsp3) is 0.375. The monoisotopic (exact) mass is 512 g/mol. The molecule has 4 heterocycles. The molecule has 0 unspecified atom stereocenters. The Bertz CT molecular complexity index is 1300. The van der Waals surface area contributed by atoms with Gasteiger partial charge in [0.05, 0.1) is 30.8 Å². The standard InChI is InChI=1S/C24H28N6O5S/c1-31-21-14-20-19(24(28-16-27-20)33-18-12-17-4-5-25-23(17)26-15-18)13-22(21)32-11-3-6-29-7-9-30(10-8-29)34-35-36-2/h4-5,12-16H,3,6-11H2,1-2H3,(H,25,26). The summed E-state index contributed by atoms with van der Waals surface area (Å²) in [5, 5.41) is 3.52. The number of H-pyrrole nitrogens is 1. The van der Waals surface area contributed by atoms with Gasteiger partial charge in [-0.25, -0.2) is 15.0 Å². The lowest BCUT2D eigenvalue weighted by molar-refractivity contribution is -0.365. The number of pyridine rings is 1. The van der Waals surface area contributed by atoms with E-state index < -0.39 is 0 Å². The summed E-state index contributed by atoms with van der Waals surface area (Å²) in [5.41, 5.74) is 1.50. The van der Waals surface area contributed by atoms with Crippen LogP contribution in [-0.2, 0) is 9.32 Å². The van der Waals surface area contributed by atoms with E-state index in [1.807, 2.05) is 41.8 Å². The Labute approximate surface area is 212 Å². The molecule has 0 saturated carbocycles. The molecule has 1 aromatic carbocycles. The minimum Gasteiger partial charge on any atom is -0.493 e. The molecule has 0 radical (unpaired) electrons. The highest BCUT2D eigenvalue weighted by Crippen LogP contribution is 2.36. The molecule has 0 spiro atoms. The molecule has 0 amide bonds. The highest BCUT2D eigenvalue weighted by molar-refractivity contribution is 7.93. The first kappa shape index (κ1) is 24.5. The SMILES string of the molecule is COc1cc2ncnc(Oc3cnc4[nH]ccc4c3)c2cc1OCCCN1CCN(OOSC)CC1. The molecule has 12 heteroatoms. The van der Waals surface area contributed by atoms with Crippen LogP contribution < -0.4 is 14.2 Å². The minimum absolute atomic E-state index is 0.426. The van der Waals surface area contributed by atoms with Crippen molar-refractivity contribution < 1.29 is 23.5 Å².